The molecule has 0 amide bonds. The van der Waals surface area contributed by atoms with E-state index >= 15 is 0 Å². The molecule has 0 fully saturated rings. The van der Waals surface area contributed by atoms with E-state index in [2.05, 4.69) is 0 Å². The number of hydrogen-bond donors (Lipinski definition) is 1. The summed E-state index contributed by atoms with van der Waals surface area (Å²) in [6.07, 6.45) is 0.800. The van der Waals surface area contributed by atoms with E-state index < -0.39 is 10.0 Å². The van der Waals surface area contributed by atoms with Crippen molar-refractivity contribution in [3.63, 3.8) is 0 Å². The third kappa shape index (κ3) is 3.54. The Morgan fingerprint density at radius 3 is 2.33 bits per heavy atom. The Bertz CT molecular complexity index is 486. The van der Waals surface area contributed by atoms with Crippen LogP contribution in [0.2, 0.25) is 0 Å². The van der Waals surface area contributed by atoms with Crippen molar-refractivity contribution < 1.29 is 8.42 Å². The predicted molar refractivity (Wildman–Crippen MR) is 74.5 cm³/mol. The number of benzene rings is 1. The van der Waals surface area contributed by atoms with Gasteiger partial charge in [0, 0.05) is 19.6 Å². The van der Waals surface area contributed by atoms with Crippen LogP contribution in [0.4, 0.5) is 0 Å². The van der Waals surface area contributed by atoms with Crippen molar-refractivity contribution in [2.24, 2.45) is 5.73 Å². The monoisotopic (exact) mass is 270 g/mol. The van der Waals surface area contributed by atoms with E-state index in [9.17, 15) is 8.42 Å². The zero-order valence-electron chi connectivity index (χ0n) is 11.3. The van der Waals surface area contributed by atoms with Crippen molar-refractivity contribution in [1.82, 2.24) is 4.31 Å². The average Bonchev–Trinajstić information content (AvgIpc) is 2.37. The van der Waals surface area contributed by atoms with Crippen LogP contribution < -0.4 is 5.73 Å². The van der Waals surface area contributed by atoms with Crippen LogP contribution in [0.15, 0.2) is 24.3 Å². The molecule has 2 N–H and O–H groups in total. The van der Waals surface area contributed by atoms with Crippen LogP contribution in [0.1, 0.15) is 31.4 Å². The van der Waals surface area contributed by atoms with Crippen LogP contribution in [0, 0.1) is 0 Å². The Hall–Kier alpha value is -0.910. The average molecular weight is 270 g/mol. The molecule has 18 heavy (non-hydrogen) atoms. The summed E-state index contributed by atoms with van der Waals surface area (Å²) in [4.78, 5) is 0. The first-order chi connectivity index (χ1) is 8.42. The van der Waals surface area contributed by atoms with Gasteiger partial charge in [0.1, 0.15) is 0 Å². The fraction of sp³-hybridized carbons (Fsp3) is 0.538. The Morgan fingerprint density at radius 2 is 1.83 bits per heavy atom. The summed E-state index contributed by atoms with van der Waals surface area (Å²) in [7, 11) is -1.65. The van der Waals surface area contributed by atoms with E-state index in [4.69, 9.17) is 5.73 Å². The van der Waals surface area contributed by atoms with Gasteiger partial charge in [-0.1, -0.05) is 31.2 Å². The maximum atomic E-state index is 12.3. The van der Waals surface area contributed by atoms with E-state index in [1.54, 1.807) is 7.05 Å². The lowest BCUT2D eigenvalue weighted by Gasteiger charge is -2.23. The lowest BCUT2D eigenvalue weighted by atomic mass is 10.1. The standard InChI is InChI=1S/C13H22N2O2S/c1-4-11(2)15(3)18(16,17)10-13-8-6-5-7-12(13)9-14/h5-8,11H,4,9-10,14H2,1-3H3. The summed E-state index contributed by atoms with van der Waals surface area (Å²) in [5.74, 6) is 0.0151. The molecule has 0 aliphatic heterocycles. The Balaban J connectivity index is 2.95. The van der Waals surface area contributed by atoms with Crippen LogP contribution in [0.5, 0.6) is 0 Å². The second-order valence-electron chi connectivity index (χ2n) is 4.50. The predicted octanol–water partition coefficient (Wildman–Crippen LogP) is 1.71. The van der Waals surface area contributed by atoms with Crippen LogP contribution in [0.25, 0.3) is 0 Å². The molecule has 5 heteroatoms. The minimum atomic E-state index is -3.28. The minimum Gasteiger partial charge on any atom is -0.326 e. The summed E-state index contributed by atoms with van der Waals surface area (Å²) in [5, 5.41) is 0. The van der Waals surface area contributed by atoms with Crippen molar-refractivity contribution in [3.05, 3.63) is 35.4 Å². The second-order valence-corrected chi connectivity index (χ2v) is 6.53. The third-order valence-electron chi connectivity index (χ3n) is 3.33. The van der Waals surface area contributed by atoms with Crippen LogP contribution in [0.3, 0.4) is 0 Å². The first kappa shape index (κ1) is 15.1. The molecular weight excluding hydrogens is 248 g/mol. The summed E-state index contributed by atoms with van der Waals surface area (Å²) < 4.78 is 26.0. The zero-order chi connectivity index (χ0) is 13.8. The van der Waals surface area contributed by atoms with Gasteiger partial charge in [-0.3, -0.25) is 0 Å². The molecular formula is C13H22N2O2S. The minimum absolute atomic E-state index is 0.0139. The molecule has 0 radical (unpaired) electrons. The molecule has 0 aromatic heterocycles. The number of hydrogen-bond acceptors (Lipinski definition) is 3. The van der Waals surface area contributed by atoms with Gasteiger partial charge in [-0.2, -0.15) is 0 Å². The fourth-order valence-electron chi connectivity index (χ4n) is 1.73. The molecule has 1 unspecified atom stereocenters. The van der Waals surface area contributed by atoms with Gasteiger partial charge in [0.15, 0.2) is 0 Å². The quantitative estimate of drug-likeness (QED) is 0.856. The molecule has 0 saturated heterocycles. The second kappa shape index (κ2) is 6.31. The lowest BCUT2D eigenvalue weighted by Crippen LogP contribution is -2.35. The van der Waals surface area contributed by atoms with Gasteiger partial charge in [-0.15, -0.1) is 0 Å². The number of rotatable bonds is 6. The first-order valence-corrected chi connectivity index (χ1v) is 7.75. The first-order valence-electron chi connectivity index (χ1n) is 6.15. The summed E-state index contributed by atoms with van der Waals surface area (Å²) in [6.45, 7) is 4.25. The molecule has 1 atom stereocenters. The maximum absolute atomic E-state index is 12.3. The molecule has 0 heterocycles. The van der Waals surface area contributed by atoms with E-state index in [0.717, 1.165) is 17.5 Å². The molecule has 1 rings (SSSR count). The van der Waals surface area contributed by atoms with Gasteiger partial charge in [-0.05, 0) is 24.5 Å². The van der Waals surface area contributed by atoms with Crippen molar-refractivity contribution in [2.75, 3.05) is 7.05 Å². The highest BCUT2D eigenvalue weighted by Crippen LogP contribution is 2.16. The van der Waals surface area contributed by atoms with Gasteiger partial charge in [-0.25, -0.2) is 12.7 Å². The largest absolute Gasteiger partial charge is 0.326 e. The van der Waals surface area contributed by atoms with Gasteiger partial charge < -0.3 is 5.73 Å². The SMILES string of the molecule is CCC(C)N(C)S(=O)(=O)Cc1ccccc1CN. The maximum Gasteiger partial charge on any atom is 0.218 e. The molecule has 0 bridgehead atoms. The van der Waals surface area contributed by atoms with Crippen LogP contribution in [-0.4, -0.2) is 25.8 Å². The van der Waals surface area contributed by atoms with Gasteiger partial charge in [0.05, 0.1) is 5.75 Å². The van der Waals surface area contributed by atoms with Gasteiger partial charge >= 0.3 is 0 Å². The molecule has 1 aromatic rings. The molecule has 0 saturated carbocycles. The highest BCUT2D eigenvalue weighted by molar-refractivity contribution is 7.88. The fourth-order valence-corrected chi connectivity index (χ4v) is 3.30. The molecule has 0 spiro atoms. The van der Waals surface area contributed by atoms with Gasteiger partial charge in [0.2, 0.25) is 10.0 Å². The lowest BCUT2D eigenvalue weighted by molar-refractivity contribution is 0.380. The highest BCUT2D eigenvalue weighted by atomic mass is 32.2. The number of nitrogens with zero attached hydrogens (tertiary/aromatic N) is 1. The van der Waals surface area contributed by atoms with Crippen molar-refractivity contribution >= 4 is 10.0 Å². The molecule has 102 valence electrons. The number of sulfonamides is 1. The molecule has 1 aromatic carbocycles. The van der Waals surface area contributed by atoms with Crippen molar-refractivity contribution in [3.8, 4) is 0 Å². The van der Waals surface area contributed by atoms with Crippen LogP contribution >= 0.6 is 0 Å². The Labute approximate surface area is 110 Å². The van der Waals surface area contributed by atoms with Gasteiger partial charge in [0.25, 0.3) is 0 Å². The number of nitrogens with two attached hydrogens (primary N) is 1. The highest BCUT2D eigenvalue weighted by Gasteiger charge is 2.23. The van der Waals surface area contributed by atoms with Crippen molar-refractivity contribution in [2.45, 2.75) is 38.6 Å². The third-order valence-corrected chi connectivity index (χ3v) is 5.24. The normalized spacial score (nSPS) is 13.8. The Morgan fingerprint density at radius 1 is 1.28 bits per heavy atom. The molecule has 4 nitrogen and oxygen atoms in total. The molecule has 0 aliphatic carbocycles. The van der Waals surface area contributed by atoms with E-state index in [0.29, 0.717) is 6.54 Å². The molecule has 0 aliphatic rings. The van der Waals surface area contributed by atoms with Crippen molar-refractivity contribution in [1.29, 1.82) is 0 Å². The van der Waals surface area contributed by atoms with E-state index in [1.165, 1.54) is 4.31 Å². The van der Waals surface area contributed by atoms with Crippen LogP contribution in [-0.2, 0) is 22.3 Å². The zero-order valence-corrected chi connectivity index (χ0v) is 12.1. The van der Waals surface area contributed by atoms with E-state index in [1.807, 2.05) is 38.1 Å². The summed E-state index contributed by atoms with van der Waals surface area (Å²) >= 11 is 0. The Kier molecular flexibility index (Phi) is 5.31. The van der Waals surface area contributed by atoms with E-state index in [-0.39, 0.29) is 11.8 Å². The topological polar surface area (TPSA) is 63.4 Å². The summed E-state index contributed by atoms with van der Waals surface area (Å²) in [5.41, 5.74) is 7.30. The smallest absolute Gasteiger partial charge is 0.218 e. The summed E-state index contributed by atoms with van der Waals surface area (Å²) in [6, 6.07) is 7.42.